The zero-order valence-corrected chi connectivity index (χ0v) is 25.1. The summed E-state index contributed by atoms with van der Waals surface area (Å²) < 4.78 is 108. The molecule has 2 aliphatic carbocycles. The lowest BCUT2D eigenvalue weighted by Gasteiger charge is -2.35. The first-order valence-corrected chi connectivity index (χ1v) is 16.6. The number of likely N-dealkylation sites (tertiary alicyclic amines) is 1. The summed E-state index contributed by atoms with van der Waals surface area (Å²) in [5.41, 5.74) is 2.90. The molecule has 0 aromatic heterocycles. The van der Waals surface area contributed by atoms with E-state index in [2.05, 4.69) is 0 Å². The average molecular weight is 644 g/mol. The molecule has 2 saturated carbocycles. The minimum Gasteiger partial charge on any atom is -0.493 e. The summed E-state index contributed by atoms with van der Waals surface area (Å²) in [4.78, 5) is 14.3. The summed E-state index contributed by atoms with van der Waals surface area (Å²) in [6, 6.07) is 6.17. The third kappa shape index (κ3) is 6.89. The lowest BCUT2D eigenvalue weighted by Crippen LogP contribution is -2.58. The van der Waals surface area contributed by atoms with E-state index in [0.717, 1.165) is 54.8 Å². The van der Waals surface area contributed by atoms with Gasteiger partial charge in [0.2, 0.25) is 15.9 Å². The predicted octanol–water partition coefficient (Wildman–Crippen LogP) is 5.63. The largest absolute Gasteiger partial charge is 0.493 e. The van der Waals surface area contributed by atoms with Crippen molar-refractivity contribution in [3.63, 3.8) is 0 Å². The van der Waals surface area contributed by atoms with Gasteiger partial charge in [0.05, 0.1) is 16.9 Å². The maximum absolute atomic E-state index is 16.1. The highest BCUT2D eigenvalue weighted by atomic mass is 32.2. The predicted molar refractivity (Wildman–Crippen MR) is 154 cm³/mol. The third-order valence-corrected chi connectivity index (χ3v) is 10.6. The number of benzene rings is 2. The van der Waals surface area contributed by atoms with E-state index in [1.807, 2.05) is 4.72 Å². The van der Waals surface area contributed by atoms with Crippen LogP contribution in [0.5, 0.6) is 5.75 Å². The summed E-state index contributed by atoms with van der Waals surface area (Å²) in [5.74, 6) is -4.38. The number of amides is 1. The van der Waals surface area contributed by atoms with E-state index in [9.17, 15) is 26.4 Å². The summed E-state index contributed by atoms with van der Waals surface area (Å²) >= 11 is 0. The van der Waals surface area contributed by atoms with Crippen molar-refractivity contribution in [3.8, 4) is 5.75 Å². The Hall–Kier alpha value is -2.77. The van der Waals surface area contributed by atoms with Crippen molar-refractivity contribution in [1.82, 2.24) is 9.62 Å². The monoisotopic (exact) mass is 643 g/mol. The minimum atomic E-state index is -4.64. The zero-order valence-electron chi connectivity index (χ0n) is 24.3. The number of nitrogens with two attached hydrogens (primary N) is 1. The van der Waals surface area contributed by atoms with Gasteiger partial charge in [0.25, 0.3) is 5.92 Å². The molecular formula is C31H38F5N3O4S. The molecule has 3 aliphatic rings. The molecule has 13 heteroatoms. The molecule has 2 aromatic rings. The molecule has 3 fully saturated rings. The number of hydrogen-bond acceptors (Lipinski definition) is 5. The number of sulfonamides is 1. The van der Waals surface area contributed by atoms with Gasteiger partial charge in [-0.2, -0.15) is 26.7 Å². The van der Waals surface area contributed by atoms with Crippen molar-refractivity contribution >= 4 is 15.9 Å². The number of carbonyl (C=O) groups is 1. The number of ether oxygens (including phenoxy) is 1. The fourth-order valence-electron chi connectivity index (χ4n) is 6.13. The number of hydrogen-bond donors (Lipinski definition) is 2. The van der Waals surface area contributed by atoms with Gasteiger partial charge in [-0.25, -0.2) is 8.42 Å². The van der Waals surface area contributed by atoms with Crippen LogP contribution in [0.25, 0.3) is 0 Å². The first-order valence-electron chi connectivity index (χ1n) is 15.1. The Morgan fingerprint density at radius 2 is 1.52 bits per heavy atom. The number of halogens is 5. The van der Waals surface area contributed by atoms with Gasteiger partial charge in [-0.3, -0.25) is 4.79 Å². The molecular weight excluding hydrogens is 605 g/mol. The fourth-order valence-corrected chi connectivity index (χ4v) is 7.32. The summed E-state index contributed by atoms with van der Waals surface area (Å²) in [5, 5.41) is 0. The molecule has 1 heterocycles. The smallest absolute Gasteiger partial charge is 0.398 e. The van der Waals surface area contributed by atoms with Crippen LogP contribution < -0.4 is 15.2 Å². The van der Waals surface area contributed by atoms with Crippen LogP contribution in [0, 0.1) is 5.92 Å². The fraction of sp³-hybridized carbons (Fsp3) is 0.581. The summed E-state index contributed by atoms with van der Waals surface area (Å²) in [6.45, 7) is 0.623. The van der Waals surface area contributed by atoms with Crippen LogP contribution >= 0.6 is 0 Å². The second-order valence-electron chi connectivity index (χ2n) is 12.3. The van der Waals surface area contributed by atoms with E-state index < -0.39 is 45.0 Å². The maximum atomic E-state index is 16.1. The molecule has 1 saturated heterocycles. The quantitative estimate of drug-likeness (QED) is 0.327. The lowest BCUT2D eigenvalue weighted by molar-refractivity contribution is -0.160. The first-order chi connectivity index (χ1) is 20.7. The Labute approximate surface area is 254 Å². The van der Waals surface area contributed by atoms with Gasteiger partial charge in [-0.05, 0) is 74.3 Å². The van der Waals surface area contributed by atoms with Crippen molar-refractivity contribution in [2.45, 2.75) is 92.3 Å². The minimum absolute atomic E-state index is 0.0639. The number of nitrogens with zero attached hydrogens (tertiary/aromatic N) is 1. The SMILES string of the molecule is NC1CCN(C(=O)[C@H](NS(=O)(=O)c2ccc(OCC3CCCCC3)cc2)C(F)(F)c2ccc(C3(C(F)(F)F)CC3)cc2)CC1. The van der Waals surface area contributed by atoms with Gasteiger partial charge >= 0.3 is 6.18 Å². The normalized spacial score (nSPS) is 20.7. The molecule has 0 bridgehead atoms. The summed E-state index contributed by atoms with van der Waals surface area (Å²) in [7, 11) is -4.64. The number of piperidine rings is 1. The lowest BCUT2D eigenvalue weighted by atomic mass is 9.90. The van der Waals surface area contributed by atoms with E-state index in [-0.39, 0.29) is 42.4 Å². The molecule has 1 aliphatic heterocycles. The van der Waals surface area contributed by atoms with Gasteiger partial charge in [0.1, 0.15) is 5.75 Å². The highest BCUT2D eigenvalue weighted by molar-refractivity contribution is 7.89. The van der Waals surface area contributed by atoms with Crippen LogP contribution in [0.2, 0.25) is 0 Å². The molecule has 5 rings (SSSR count). The average Bonchev–Trinajstić information content (AvgIpc) is 3.83. The molecule has 0 spiro atoms. The van der Waals surface area contributed by atoms with Crippen LogP contribution in [-0.4, -0.2) is 57.2 Å². The van der Waals surface area contributed by atoms with Gasteiger partial charge in [-0.1, -0.05) is 43.5 Å². The second-order valence-corrected chi connectivity index (χ2v) is 14.0. The van der Waals surface area contributed by atoms with Crippen LogP contribution in [0.1, 0.15) is 68.9 Å². The second kappa shape index (κ2) is 12.6. The van der Waals surface area contributed by atoms with Gasteiger partial charge < -0.3 is 15.4 Å². The molecule has 1 amide bonds. The van der Waals surface area contributed by atoms with Gasteiger partial charge in [0, 0.05) is 24.7 Å². The Morgan fingerprint density at radius 1 is 0.932 bits per heavy atom. The van der Waals surface area contributed by atoms with Gasteiger partial charge in [-0.15, -0.1) is 0 Å². The van der Waals surface area contributed by atoms with E-state index in [1.54, 1.807) is 0 Å². The molecule has 7 nitrogen and oxygen atoms in total. The van der Waals surface area contributed by atoms with Crippen LogP contribution in [0.3, 0.4) is 0 Å². The van der Waals surface area contributed by atoms with E-state index in [1.165, 1.54) is 30.7 Å². The van der Waals surface area contributed by atoms with Crippen LogP contribution in [-0.2, 0) is 26.2 Å². The van der Waals surface area contributed by atoms with Crippen molar-refractivity contribution in [1.29, 1.82) is 0 Å². The molecule has 0 unspecified atom stereocenters. The van der Waals surface area contributed by atoms with Crippen molar-refractivity contribution in [2.75, 3.05) is 19.7 Å². The van der Waals surface area contributed by atoms with E-state index in [4.69, 9.17) is 10.5 Å². The maximum Gasteiger partial charge on any atom is 0.398 e. The molecule has 242 valence electrons. The highest BCUT2D eigenvalue weighted by Crippen LogP contribution is 2.59. The number of rotatable bonds is 10. The van der Waals surface area contributed by atoms with Crippen molar-refractivity contribution < 1.29 is 39.9 Å². The van der Waals surface area contributed by atoms with Gasteiger partial charge in [0.15, 0.2) is 6.04 Å². The zero-order chi connectivity index (χ0) is 31.8. The first kappa shape index (κ1) is 32.6. The van der Waals surface area contributed by atoms with Crippen molar-refractivity contribution in [2.24, 2.45) is 11.7 Å². The molecule has 3 N–H and O–H groups in total. The van der Waals surface area contributed by atoms with Crippen molar-refractivity contribution in [3.05, 3.63) is 59.7 Å². The van der Waals surface area contributed by atoms with Crippen LogP contribution in [0.15, 0.2) is 53.4 Å². The standard InChI is InChI=1S/C31H38F5N3O4S/c32-30(33,23-8-6-22(7-9-23)29(16-17-29)31(34,35)36)27(28(40)39-18-14-24(37)15-19-39)38-44(41,42)26-12-10-25(11-13-26)43-20-21-4-2-1-3-5-21/h6-13,21,24,27,38H,1-5,14-20,37H2/t27-/m0/s1. The highest BCUT2D eigenvalue weighted by Gasteiger charge is 2.64. The van der Waals surface area contributed by atoms with E-state index in [0.29, 0.717) is 31.1 Å². The molecule has 44 heavy (non-hydrogen) atoms. The Morgan fingerprint density at radius 3 is 2.07 bits per heavy atom. The molecule has 1 atom stereocenters. The Kier molecular flexibility index (Phi) is 9.31. The third-order valence-electron chi connectivity index (χ3n) is 9.19. The van der Waals surface area contributed by atoms with E-state index >= 15 is 8.78 Å². The summed E-state index contributed by atoms with van der Waals surface area (Å²) in [6.07, 6.45) is 1.51. The number of carbonyl (C=O) groups excluding carboxylic acids is 1. The topological polar surface area (TPSA) is 102 Å². The Balaban J connectivity index is 1.37. The van der Waals surface area contributed by atoms with Crippen LogP contribution in [0.4, 0.5) is 22.0 Å². The Bertz CT molecular complexity index is 1400. The number of nitrogens with one attached hydrogen (secondary N) is 1. The molecule has 2 aromatic carbocycles. The number of alkyl halides is 5. The molecule has 0 radical (unpaired) electrons.